The number of ether oxygens (including phenoxy) is 1. The van der Waals surface area contributed by atoms with E-state index < -0.39 is 15.9 Å². The first-order valence-electron chi connectivity index (χ1n) is 11.1. The van der Waals surface area contributed by atoms with Crippen molar-refractivity contribution in [3.05, 3.63) is 82.3 Å². The molecule has 0 radical (unpaired) electrons. The number of anilines is 1. The van der Waals surface area contributed by atoms with Gasteiger partial charge in [0.1, 0.15) is 16.3 Å². The summed E-state index contributed by atoms with van der Waals surface area (Å²) in [5.41, 5.74) is 0.862. The summed E-state index contributed by atoms with van der Waals surface area (Å²) < 4.78 is 34.5. The third kappa shape index (κ3) is 5.18. The van der Waals surface area contributed by atoms with Crippen molar-refractivity contribution >= 4 is 21.6 Å². The lowest BCUT2D eigenvalue weighted by Gasteiger charge is -2.19. The molecule has 0 unspecified atom stereocenters. The highest BCUT2D eigenvalue weighted by atomic mass is 32.2. The maximum Gasteiger partial charge on any atom is 0.276 e. The van der Waals surface area contributed by atoms with Gasteiger partial charge in [0.2, 0.25) is 10.0 Å². The number of rotatable bonds is 8. The van der Waals surface area contributed by atoms with Crippen molar-refractivity contribution in [3.63, 3.8) is 0 Å². The second-order valence-corrected chi connectivity index (χ2v) is 9.77. The van der Waals surface area contributed by atoms with E-state index in [2.05, 4.69) is 10.4 Å². The van der Waals surface area contributed by atoms with Gasteiger partial charge in [0.25, 0.3) is 11.5 Å². The van der Waals surface area contributed by atoms with Crippen LogP contribution in [0.4, 0.5) is 5.69 Å². The first kappa shape index (κ1) is 23.7. The third-order valence-corrected chi connectivity index (χ3v) is 7.38. The lowest BCUT2D eigenvalue weighted by molar-refractivity contribution is 0.102. The molecule has 1 fully saturated rings. The molecule has 34 heavy (non-hydrogen) atoms. The quantitative estimate of drug-likeness (QED) is 0.529. The van der Waals surface area contributed by atoms with Crippen molar-refractivity contribution in [1.82, 2.24) is 14.1 Å². The molecular weight excluding hydrogens is 456 g/mol. The third-order valence-electron chi connectivity index (χ3n) is 5.46. The number of nitrogens with one attached hydrogen (secondary N) is 1. The summed E-state index contributed by atoms with van der Waals surface area (Å²) >= 11 is 0. The Morgan fingerprint density at radius 2 is 1.79 bits per heavy atom. The van der Waals surface area contributed by atoms with Gasteiger partial charge < -0.3 is 10.1 Å². The van der Waals surface area contributed by atoms with Gasteiger partial charge in [-0.2, -0.15) is 9.40 Å². The SMILES string of the molecule is CCOc1ccc(NC(=O)c2ccc(=O)n(Cc3ccccc3)n2)cc1S(=O)(=O)N1CCCC1. The zero-order chi connectivity index (χ0) is 24.1. The number of carbonyl (C=O) groups excluding carboxylic acids is 1. The fourth-order valence-corrected chi connectivity index (χ4v) is 5.44. The zero-order valence-corrected chi connectivity index (χ0v) is 19.6. The summed E-state index contributed by atoms with van der Waals surface area (Å²) in [5.74, 6) is -0.322. The van der Waals surface area contributed by atoms with Crippen LogP contribution in [0, 0.1) is 0 Å². The summed E-state index contributed by atoms with van der Waals surface area (Å²) in [6, 6.07) is 16.5. The number of amides is 1. The van der Waals surface area contributed by atoms with Crippen LogP contribution in [-0.2, 0) is 16.6 Å². The summed E-state index contributed by atoms with van der Waals surface area (Å²) in [7, 11) is -3.77. The molecule has 0 spiro atoms. The van der Waals surface area contributed by atoms with Crippen LogP contribution in [0.3, 0.4) is 0 Å². The zero-order valence-electron chi connectivity index (χ0n) is 18.8. The molecule has 178 valence electrons. The van der Waals surface area contributed by atoms with Crippen LogP contribution in [0.2, 0.25) is 0 Å². The molecule has 1 amide bonds. The Balaban J connectivity index is 1.59. The normalized spacial score (nSPS) is 14.1. The first-order chi connectivity index (χ1) is 16.4. The highest BCUT2D eigenvalue weighted by molar-refractivity contribution is 7.89. The molecule has 0 bridgehead atoms. The topological polar surface area (TPSA) is 111 Å². The minimum Gasteiger partial charge on any atom is -0.492 e. The van der Waals surface area contributed by atoms with Crippen LogP contribution >= 0.6 is 0 Å². The van der Waals surface area contributed by atoms with E-state index >= 15 is 0 Å². The molecule has 0 aliphatic carbocycles. The number of benzene rings is 2. The van der Waals surface area contributed by atoms with Crippen molar-refractivity contribution in [2.75, 3.05) is 25.0 Å². The number of carbonyl (C=O) groups is 1. The van der Waals surface area contributed by atoms with Gasteiger partial charge in [-0.15, -0.1) is 0 Å². The van der Waals surface area contributed by atoms with Gasteiger partial charge in [-0.1, -0.05) is 30.3 Å². The lowest BCUT2D eigenvalue weighted by atomic mass is 10.2. The summed E-state index contributed by atoms with van der Waals surface area (Å²) in [6.45, 7) is 3.22. The van der Waals surface area contributed by atoms with E-state index in [1.165, 1.54) is 33.3 Å². The van der Waals surface area contributed by atoms with E-state index in [0.717, 1.165) is 18.4 Å². The van der Waals surface area contributed by atoms with Crippen LogP contribution in [0.25, 0.3) is 0 Å². The van der Waals surface area contributed by atoms with E-state index in [-0.39, 0.29) is 34.1 Å². The van der Waals surface area contributed by atoms with Crippen molar-refractivity contribution in [2.24, 2.45) is 0 Å². The van der Waals surface area contributed by atoms with Crippen molar-refractivity contribution in [1.29, 1.82) is 0 Å². The van der Waals surface area contributed by atoms with E-state index in [0.29, 0.717) is 19.7 Å². The van der Waals surface area contributed by atoms with Gasteiger partial charge in [0, 0.05) is 24.8 Å². The average molecular weight is 483 g/mol. The Morgan fingerprint density at radius 3 is 2.50 bits per heavy atom. The standard InChI is InChI=1S/C24H26N4O5S/c1-2-33-21-12-10-19(16-22(21)34(31,32)27-14-6-7-15-27)25-24(30)20-11-13-23(29)28(26-20)17-18-8-4-3-5-9-18/h3-5,8-13,16H,2,6-7,14-15,17H2,1H3,(H,25,30). The van der Waals surface area contributed by atoms with Gasteiger partial charge in [-0.3, -0.25) is 9.59 Å². The van der Waals surface area contributed by atoms with Gasteiger partial charge in [0.15, 0.2) is 0 Å². The molecule has 0 saturated carbocycles. The second kappa shape index (κ2) is 10.2. The van der Waals surface area contributed by atoms with Gasteiger partial charge in [-0.05, 0) is 49.6 Å². The fourth-order valence-electron chi connectivity index (χ4n) is 3.76. The van der Waals surface area contributed by atoms with Crippen LogP contribution < -0.4 is 15.6 Å². The Hall–Kier alpha value is -3.50. The monoisotopic (exact) mass is 482 g/mol. The summed E-state index contributed by atoms with van der Waals surface area (Å²) in [6.07, 6.45) is 1.62. The predicted molar refractivity (Wildman–Crippen MR) is 128 cm³/mol. The molecule has 1 aromatic heterocycles. The molecule has 10 heteroatoms. The van der Waals surface area contributed by atoms with Crippen LogP contribution in [0.15, 0.2) is 70.4 Å². The van der Waals surface area contributed by atoms with Crippen molar-refractivity contribution in [3.8, 4) is 5.75 Å². The molecule has 9 nitrogen and oxygen atoms in total. The van der Waals surface area contributed by atoms with E-state index in [9.17, 15) is 18.0 Å². The predicted octanol–water partition coefficient (Wildman–Crippen LogP) is 2.73. The minimum absolute atomic E-state index is 0.0102. The largest absolute Gasteiger partial charge is 0.492 e. The molecule has 3 aromatic rings. The number of aromatic nitrogens is 2. The van der Waals surface area contributed by atoms with E-state index in [1.54, 1.807) is 13.0 Å². The molecular formula is C24H26N4O5S. The summed E-state index contributed by atoms with van der Waals surface area (Å²) in [5, 5.41) is 6.87. The number of hydrogen-bond acceptors (Lipinski definition) is 6. The highest BCUT2D eigenvalue weighted by Gasteiger charge is 2.30. The van der Waals surface area contributed by atoms with Gasteiger partial charge in [0.05, 0.1) is 13.2 Å². The molecule has 1 aliphatic rings. The fraction of sp³-hybridized carbons (Fsp3) is 0.292. The molecule has 0 atom stereocenters. The number of nitrogens with zero attached hydrogens (tertiary/aromatic N) is 3. The van der Waals surface area contributed by atoms with E-state index in [1.807, 2.05) is 30.3 Å². The summed E-state index contributed by atoms with van der Waals surface area (Å²) in [4.78, 5) is 25.1. The molecule has 2 aromatic carbocycles. The van der Waals surface area contributed by atoms with Crippen molar-refractivity contribution in [2.45, 2.75) is 31.2 Å². The minimum atomic E-state index is -3.77. The van der Waals surface area contributed by atoms with Crippen LogP contribution in [-0.4, -0.2) is 48.1 Å². The number of sulfonamides is 1. The molecule has 1 N–H and O–H groups in total. The molecule has 4 rings (SSSR count). The maximum absolute atomic E-state index is 13.2. The first-order valence-corrected chi connectivity index (χ1v) is 12.5. The molecule has 1 saturated heterocycles. The average Bonchev–Trinajstić information content (AvgIpc) is 3.38. The van der Waals surface area contributed by atoms with Crippen LogP contribution in [0.5, 0.6) is 5.75 Å². The smallest absolute Gasteiger partial charge is 0.276 e. The Labute approximate surface area is 198 Å². The van der Waals surface area contributed by atoms with Crippen LogP contribution in [0.1, 0.15) is 35.8 Å². The Kier molecular flexibility index (Phi) is 7.09. The highest BCUT2D eigenvalue weighted by Crippen LogP contribution is 2.31. The Morgan fingerprint density at radius 1 is 1.06 bits per heavy atom. The lowest BCUT2D eigenvalue weighted by Crippen LogP contribution is -2.28. The maximum atomic E-state index is 13.2. The van der Waals surface area contributed by atoms with Crippen molar-refractivity contribution < 1.29 is 17.9 Å². The van der Waals surface area contributed by atoms with E-state index in [4.69, 9.17) is 4.74 Å². The second-order valence-electron chi connectivity index (χ2n) is 7.86. The van der Waals surface area contributed by atoms with Gasteiger partial charge >= 0.3 is 0 Å². The Bertz CT molecular complexity index is 1330. The number of hydrogen-bond donors (Lipinski definition) is 1. The van der Waals surface area contributed by atoms with Gasteiger partial charge in [-0.25, -0.2) is 13.1 Å². The molecule has 2 heterocycles. The molecule has 1 aliphatic heterocycles.